The number of guanidine groups is 1. The number of aromatic nitrogens is 1. The molecule has 130 valence electrons. The average Bonchev–Trinajstić information content (AvgIpc) is 3.03. The zero-order chi connectivity index (χ0) is 16.3. The Morgan fingerprint density at radius 3 is 2.83 bits per heavy atom. The minimum atomic E-state index is -0.225. The Morgan fingerprint density at radius 2 is 2.12 bits per heavy atom. The Balaban J connectivity index is 0.00000208. The molecule has 0 radical (unpaired) electrons. The van der Waals surface area contributed by atoms with Crippen molar-refractivity contribution in [3.63, 3.8) is 0 Å². The summed E-state index contributed by atoms with van der Waals surface area (Å²) in [4.78, 5) is 4.30. The number of hydrogen-bond acceptors (Lipinski definition) is 4. The number of para-hydroxylation sites is 1. The van der Waals surface area contributed by atoms with E-state index in [4.69, 9.17) is 9.26 Å². The summed E-state index contributed by atoms with van der Waals surface area (Å²) in [6, 6.07) is 10.1. The van der Waals surface area contributed by atoms with E-state index in [0.29, 0.717) is 6.54 Å². The summed E-state index contributed by atoms with van der Waals surface area (Å²) in [5.41, 5.74) is 1.76. The van der Waals surface area contributed by atoms with E-state index < -0.39 is 0 Å². The minimum Gasteiger partial charge on any atom is -0.487 e. The predicted octanol–water partition coefficient (Wildman–Crippen LogP) is 3.26. The fourth-order valence-electron chi connectivity index (χ4n) is 2.79. The fourth-order valence-corrected chi connectivity index (χ4v) is 2.79. The van der Waals surface area contributed by atoms with Gasteiger partial charge in [-0.1, -0.05) is 23.4 Å². The van der Waals surface area contributed by atoms with Crippen molar-refractivity contribution in [3.8, 4) is 5.75 Å². The summed E-state index contributed by atoms with van der Waals surface area (Å²) in [6.07, 6.45) is 2.42. The smallest absolute Gasteiger partial charge is 0.191 e. The molecule has 1 aliphatic rings. The van der Waals surface area contributed by atoms with Gasteiger partial charge in [0.25, 0.3) is 0 Å². The largest absolute Gasteiger partial charge is 0.487 e. The van der Waals surface area contributed by atoms with Crippen LogP contribution >= 0.6 is 24.0 Å². The highest BCUT2D eigenvalue weighted by molar-refractivity contribution is 14.0. The van der Waals surface area contributed by atoms with Crippen LogP contribution in [-0.4, -0.2) is 23.8 Å². The summed E-state index contributed by atoms with van der Waals surface area (Å²) in [7, 11) is 1.76. The normalized spacial score (nSPS) is 18.8. The summed E-state index contributed by atoms with van der Waals surface area (Å²) in [5.74, 6) is 1.65. The first-order valence-corrected chi connectivity index (χ1v) is 7.72. The van der Waals surface area contributed by atoms with Crippen molar-refractivity contribution < 1.29 is 9.26 Å². The van der Waals surface area contributed by atoms with Crippen LogP contribution < -0.4 is 15.4 Å². The van der Waals surface area contributed by atoms with E-state index in [2.05, 4.69) is 40.7 Å². The maximum Gasteiger partial charge on any atom is 0.191 e. The summed E-state index contributed by atoms with van der Waals surface area (Å²) < 4.78 is 10.9. The van der Waals surface area contributed by atoms with Gasteiger partial charge in [0.1, 0.15) is 23.3 Å². The first-order chi connectivity index (χ1) is 11.1. The SMILES string of the molecule is CN=C(NCc1ccon1)NC1CC(C)(C)Oc2ccccc21.I. The van der Waals surface area contributed by atoms with Gasteiger partial charge < -0.3 is 19.9 Å². The third-order valence-corrected chi connectivity index (χ3v) is 3.84. The molecule has 7 heteroatoms. The predicted molar refractivity (Wildman–Crippen MR) is 104 cm³/mol. The number of rotatable bonds is 3. The van der Waals surface area contributed by atoms with E-state index in [9.17, 15) is 0 Å². The lowest BCUT2D eigenvalue weighted by Gasteiger charge is -2.38. The second-order valence-corrected chi connectivity index (χ2v) is 6.22. The van der Waals surface area contributed by atoms with Crippen molar-refractivity contribution in [2.75, 3.05) is 7.05 Å². The molecule has 0 fully saturated rings. The van der Waals surface area contributed by atoms with Gasteiger partial charge in [-0.05, 0) is 19.9 Å². The number of halogens is 1. The topological polar surface area (TPSA) is 71.7 Å². The average molecular weight is 442 g/mol. The lowest BCUT2D eigenvalue weighted by atomic mass is 9.90. The van der Waals surface area contributed by atoms with Gasteiger partial charge in [0.2, 0.25) is 0 Å². The van der Waals surface area contributed by atoms with Crippen LogP contribution in [0.4, 0.5) is 0 Å². The van der Waals surface area contributed by atoms with Gasteiger partial charge in [0.15, 0.2) is 5.96 Å². The van der Waals surface area contributed by atoms with Gasteiger partial charge in [-0.3, -0.25) is 4.99 Å². The molecule has 2 N–H and O–H groups in total. The number of hydrogen-bond donors (Lipinski definition) is 2. The van der Waals surface area contributed by atoms with Gasteiger partial charge in [0.05, 0.1) is 12.6 Å². The first kappa shape index (κ1) is 18.6. The van der Waals surface area contributed by atoms with Gasteiger partial charge in [-0.15, -0.1) is 24.0 Å². The zero-order valence-corrected chi connectivity index (χ0v) is 16.4. The number of aliphatic imine (C=N–C) groups is 1. The molecule has 1 atom stereocenters. The molecule has 1 aliphatic heterocycles. The second kappa shape index (κ2) is 7.87. The van der Waals surface area contributed by atoms with Gasteiger partial charge in [-0.25, -0.2) is 0 Å². The van der Waals surface area contributed by atoms with Crippen LogP contribution in [0.1, 0.15) is 37.6 Å². The molecular weight excluding hydrogens is 419 g/mol. The van der Waals surface area contributed by atoms with Crippen molar-refractivity contribution in [1.82, 2.24) is 15.8 Å². The molecule has 1 aromatic heterocycles. The van der Waals surface area contributed by atoms with Gasteiger partial charge in [-0.2, -0.15) is 0 Å². The standard InChI is InChI=1S/C17H22N4O2.HI/c1-17(2)10-14(13-6-4-5-7-15(13)23-17)20-16(18-3)19-11-12-8-9-22-21-12;/h4-9,14H,10-11H2,1-3H3,(H2,18,19,20);1H. The molecule has 0 saturated carbocycles. The third-order valence-electron chi connectivity index (χ3n) is 3.84. The lowest BCUT2D eigenvalue weighted by molar-refractivity contribution is 0.0694. The monoisotopic (exact) mass is 442 g/mol. The van der Waals surface area contributed by atoms with Crippen LogP contribution in [0.5, 0.6) is 5.75 Å². The lowest BCUT2D eigenvalue weighted by Crippen LogP contribution is -2.45. The Hall–Kier alpha value is -1.77. The maximum atomic E-state index is 6.06. The Labute approximate surface area is 159 Å². The van der Waals surface area contributed by atoms with Crippen molar-refractivity contribution in [2.45, 2.75) is 38.5 Å². The summed E-state index contributed by atoms with van der Waals surface area (Å²) >= 11 is 0. The van der Waals surface area contributed by atoms with Crippen molar-refractivity contribution >= 4 is 29.9 Å². The summed E-state index contributed by atoms with van der Waals surface area (Å²) in [6.45, 7) is 4.76. The molecule has 6 nitrogen and oxygen atoms in total. The number of nitrogens with one attached hydrogen (secondary N) is 2. The zero-order valence-electron chi connectivity index (χ0n) is 14.1. The van der Waals surface area contributed by atoms with E-state index in [1.54, 1.807) is 13.3 Å². The first-order valence-electron chi connectivity index (χ1n) is 7.72. The molecule has 0 amide bonds. The highest BCUT2D eigenvalue weighted by Gasteiger charge is 2.33. The number of benzene rings is 1. The molecule has 2 aromatic rings. The fraction of sp³-hybridized carbons (Fsp3) is 0.412. The molecule has 24 heavy (non-hydrogen) atoms. The van der Waals surface area contributed by atoms with Crippen LogP contribution in [0.25, 0.3) is 0 Å². The highest BCUT2D eigenvalue weighted by Crippen LogP contribution is 2.39. The minimum absolute atomic E-state index is 0. The molecule has 2 heterocycles. The number of fused-ring (bicyclic) bond motifs is 1. The Morgan fingerprint density at radius 1 is 1.33 bits per heavy atom. The van der Waals surface area contributed by atoms with E-state index in [0.717, 1.165) is 29.4 Å². The molecule has 3 rings (SSSR count). The third kappa shape index (κ3) is 4.40. The molecule has 0 aliphatic carbocycles. The molecule has 1 unspecified atom stereocenters. The molecule has 1 aromatic carbocycles. The molecule has 0 spiro atoms. The van der Waals surface area contributed by atoms with Gasteiger partial charge in [0, 0.05) is 25.1 Å². The van der Waals surface area contributed by atoms with Crippen molar-refractivity contribution in [1.29, 1.82) is 0 Å². The Kier molecular flexibility index (Phi) is 6.09. The molecular formula is C17H23IN4O2. The van der Waals surface area contributed by atoms with Crippen LogP contribution in [0, 0.1) is 0 Å². The number of nitrogens with zero attached hydrogens (tertiary/aromatic N) is 2. The van der Waals surface area contributed by atoms with E-state index in [1.807, 2.05) is 24.3 Å². The molecule has 0 bridgehead atoms. The van der Waals surface area contributed by atoms with E-state index in [-0.39, 0.29) is 35.6 Å². The van der Waals surface area contributed by atoms with Crippen LogP contribution in [0.3, 0.4) is 0 Å². The van der Waals surface area contributed by atoms with Crippen LogP contribution in [-0.2, 0) is 6.54 Å². The van der Waals surface area contributed by atoms with Crippen LogP contribution in [0.15, 0.2) is 46.1 Å². The molecule has 0 saturated heterocycles. The van der Waals surface area contributed by atoms with Crippen molar-refractivity contribution in [3.05, 3.63) is 47.9 Å². The van der Waals surface area contributed by atoms with Crippen LogP contribution in [0.2, 0.25) is 0 Å². The van der Waals surface area contributed by atoms with Crippen molar-refractivity contribution in [2.24, 2.45) is 4.99 Å². The second-order valence-electron chi connectivity index (χ2n) is 6.22. The quantitative estimate of drug-likeness (QED) is 0.434. The maximum absolute atomic E-state index is 6.06. The van der Waals surface area contributed by atoms with E-state index in [1.165, 1.54) is 0 Å². The summed E-state index contributed by atoms with van der Waals surface area (Å²) in [5, 5.41) is 10.6. The van der Waals surface area contributed by atoms with E-state index >= 15 is 0 Å². The highest BCUT2D eigenvalue weighted by atomic mass is 127. The Bertz CT molecular complexity index is 686. The van der Waals surface area contributed by atoms with Gasteiger partial charge >= 0.3 is 0 Å². The number of ether oxygens (including phenoxy) is 1.